The van der Waals surface area contributed by atoms with Gasteiger partial charge in [-0.05, 0) is 32.9 Å². The number of nitrogens with zero attached hydrogens (tertiary/aromatic N) is 3. The summed E-state index contributed by atoms with van der Waals surface area (Å²) in [6.45, 7) is 5.99. The van der Waals surface area contributed by atoms with Gasteiger partial charge in [0.1, 0.15) is 0 Å². The number of anilines is 1. The van der Waals surface area contributed by atoms with E-state index >= 15 is 0 Å². The molecule has 0 saturated heterocycles. The lowest BCUT2D eigenvalue weighted by molar-refractivity contribution is 0.102. The number of hydrogen-bond donors (Lipinski definition) is 1. The zero-order valence-corrected chi connectivity index (χ0v) is 13.9. The molecule has 0 saturated carbocycles. The number of nitrogens with one attached hydrogen (secondary N) is 1. The summed E-state index contributed by atoms with van der Waals surface area (Å²) in [5.74, 6) is -0.259. The molecule has 0 unspecified atom stereocenters. The summed E-state index contributed by atoms with van der Waals surface area (Å²) < 4.78 is 6.29. The van der Waals surface area contributed by atoms with Crippen LogP contribution in [0.15, 0.2) is 24.3 Å². The lowest BCUT2D eigenvalue weighted by Crippen LogP contribution is -2.15. The van der Waals surface area contributed by atoms with Crippen molar-refractivity contribution in [1.82, 2.24) is 15.0 Å². The van der Waals surface area contributed by atoms with Crippen molar-refractivity contribution in [2.45, 2.75) is 20.8 Å². The van der Waals surface area contributed by atoms with Gasteiger partial charge in [-0.1, -0.05) is 12.1 Å². The largest absolute Gasteiger partial charge is 0.464 e. The van der Waals surface area contributed by atoms with Crippen molar-refractivity contribution >= 4 is 33.1 Å². The van der Waals surface area contributed by atoms with E-state index in [0.29, 0.717) is 34.7 Å². The van der Waals surface area contributed by atoms with Crippen LogP contribution in [-0.2, 0) is 0 Å². The van der Waals surface area contributed by atoms with E-state index in [9.17, 15) is 4.79 Å². The van der Waals surface area contributed by atoms with Gasteiger partial charge in [0.05, 0.1) is 33.9 Å². The van der Waals surface area contributed by atoms with Crippen molar-refractivity contribution in [3.63, 3.8) is 0 Å². The molecule has 1 N–H and O–H groups in total. The highest BCUT2D eigenvalue weighted by Crippen LogP contribution is 2.24. The van der Waals surface area contributed by atoms with E-state index < -0.39 is 0 Å². The molecule has 118 valence electrons. The Morgan fingerprint density at radius 2 is 1.87 bits per heavy atom. The third kappa shape index (κ3) is 3.14. The van der Waals surface area contributed by atoms with E-state index in [2.05, 4.69) is 20.3 Å². The molecular weight excluding hydrogens is 312 g/mol. The SMILES string of the molecule is CCOc1nc(C)c(NC(=O)c2nc3ccccc3s2)c(C)n1. The van der Waals surface area contributed by atoms with Crippen molar-refractivity contribution in [3.8, 4) is 6.01 Å². The molecule has 0 aliphatic heterocycles. The normalized spacial score (nSPS) is 10.7. The van der Waals surface area contributed by atoms with Crippen molar-refractivity contribution in [2.24, 2.45) is 0 Å². The summed E-state index contributed by atoms with van der Waals surface area (Å²) in [6, 6.07) is 7.98. The van der Waals surface area contributed by atoms with Crippen LogP contribution in [0.25, 0.3) is 10.2 Å². The molecule has 3 aromatic rings. The van der Waals surface area contributed by atoms with Crippen LogP contribution in [0.5, 0.6) is 6.01 Å². The molecule has 2 aromatic heterocycles. The Hall–Kier alpha value is -2.54. The minimum atomic E-state index is -0.259. The van der Waals surface area contributed by atoms with Crippen LogP contribution in [0.1, 0.15) is 28.1 Å². The van der Waals surface area contributed by atoms with Gasteiger partial charge in [-0.15, -0.1) is 11.3 Å². The van der Waals surface area contributed by atoms with Gasteiger partial charge in [-0.3, -0.25) is 4.79 Å². The van der Waals surface area contributed by atoms with E-state index in [-0.39, 0.29) is 5.91 Å². The lowest BCUT2D eigenvalue weighted by atomic mass is 10.3. The van der Waals surface area contributed by atoms with E-state index in [0.717, 1.165) is 10.2 Å². The molecule has 0 radical (unpaired) electrons. The molecule has 6 nitrogen and oxygen atoms in total. The highest BCUT2D eigenvalue weighted by Gasteiger charge is 2.16. The van der Waals surface area contributed by atoms with Crippen LogP contribution >= 0.6 is 11.3 Å². The summed E-state index contributed by atoms with van der Waals surface area (Å²) in [6.07, 6.45) is 0. The first-order chi connectivity index (χ1) is 11.1. The number of fused-ring (bicyclic) bond motifs is 1. The van der Waals surface area contributed by atoms with Gasteiger partial charge in [0, 0.05) is 0 Å². The maximum absolute atomic E-state index is 12.4. The molecule has 1 amide bonds. The molecule has 0 aliphatic rings. The van der Waals surface area contributed by atoms with Gasteiger partial charge in [-0.25, -0.2) is 4.98 Å². The molecule has 0 fully saturated rings. The smallest absolute Gasteiger partial charge is 0.316 e. The number of ether oxygens (including phenoxy) is 1. The molecule has 7 heteroatoms. The maximum Gasteiger partial charge on any atom is 0.316 e. The molecule has 2 heterocycles. The second kappa shape index (κ2) is 6.29. The third-order valence-electron chi connectivity index (χ3n) is 3.25. The van der Waals surface area contributed by atoms with E-state index in [1.54, 1.807) is 0 Å². The van der Waals surface area contributed by atoms with E-state index in [4.69, 9.17) is 4.74 Å². The number of amides is 1. The Morgan fingerprint density at radius 1 is 1.17 bits per heavy atom. The van der Waals surface area contributed by atoms with Gasteiger partial charge in [0.15, 0.2) is 5.01 Å². The maximum atomic E-state index is 12.4. The number of aryl methyl sites for hydroxylation is 2. The number of aromatic nitrogens is 3. The third-order valence-corrected chi connectivity index (χ3v) is 4.29. The predicted octanol–water partition coefficient (Wildman–Crippen LogP) is 3.35. The van der Waals surface area contributed by atoms with Gasteiger partial charge >= 0.3 is 6.01 Å². The number of rotatable bonds is 4. The quantitative estimate of drug-likeness (QED) is 0.794. The molecule has 0 spiro atoms. The number of benzene rings is 1. The molecular formula is C16H16N4O2S. The van der Waals surface area contributed by atoms with Crippen LogP contribution in [0.3, 0.4) is 0 Å². The average Bonchev–Trinajstić information content (AvgIpc) is 2.95. The predicted molar refractivity (Wildman–Crippen MR) is 90.2 cm³/mol. The highest BCUT2D eigenvalue weighted by atomic mass is 32.1. The standard InChI is InChI=1S/C16H16N4O2S/c1-4-22-16-17-9(2)13(10(3)18-16)20-14(21)15-19-11-7-5-6-8-12(11)23-15/h5-8H,4H2,1-3H3,(H,20,21). The second-order valence-corrected chi connectivity index (χ2v) is 5.96. The number of carbonyl (C=O) groups excluding carboxylic acids is 1. The molecule has 0 atom stereocenters. The number of carbonyl (C=O) groups is 1. The van der Waals surface area contributed by atoms with Crippen molar-refractivity contribution in [1.29, 1.82) is 0 Å². The summed E-state index contributed by atoms with van der Waals surface area (Å²) in [4.78, 5) is 25.3. The summed E-state index contributed by atoms with van der Waals surface area (Å²) in [5, 5.41) is 3.27. The van der Waals surface area contributed by atoms with Gasteiger partial charge in [-0.2, -0.15) is 9.97 Å². The minimum absolute atomic E-state index is 0.259. The molecule has 0 bridgehead atoms. The van der Waals surface area contributed by atoms with E-state index in [1.165, 1.54) is 11.3 Å². The first-order valence-electron chi connectivity index (χ1n) is 7.23. The van der Waals surface area contributed by atoms with Crippen LogP contribution in [0.4, 0.5) is 5.69 Å². The highest BCUT2D eigenvalue weighted by molar-refractivity contribution is 7.20. The van der Waals surface area contributed by atoms with Crippen LogP contribution < -0.4 is 10.1 Å². The molecule has 1 aromatic carbocycles. The first kappa shape index (κ1) is 15.4. The van der Waals surface area contributed by atoms with Crippen LogP contribution in [0, 0.1) is 13.8 Å². The van der Waals surface area contributed by atoms with Crippen LogP contribution in [-0.4, -0.2) is 27.5 Å². The Labute approximate surface area is 137 Å². The Balaban J connectivity index is 1.87. The Morgan fingerprint density at radius 3 is 2.52 bits per heavy atom. The van der Waals surface area contributed by atoms with E-state index in [1.807, 2.05) is 45.0 Å². The zero-order valence-electron chi connectivity index (χ0n) is 13.1. The number of hydrogen-bond acceptors (Lipinski definition) is 6. The van der Waals surface area contributed by atoms with Crippen molar-refractivity contribution in [2.75, 3.05) is 11.9 Å². The average molecular weight is 328 g/mol. The fourth-order valence-corrected chi connectivity index (χ4v) is 3.06. The van der Waals surface area contributed by atoms with Gasteiger partial charge in [0.2, 0.25) is 0 Å². The Kier molecular flexibility index (Phi) is 4.20. The van der Waals surface area contributed by atoms with Crippen molar-refractivity contribution < 1.29 is 9.53 Å². The second-order valence-electron chi connectivity index (χ2n) is 4.93. The van der Waals surface area contributed by atoms with Crippen LogP contribution in [0.2, 0.25) is 0 Å². The lowest BCUT2D eigenvalue weighted by Gasteiger charge is -2.11. The first-order valence-corrected chi connectivity index (χ1v) is 8.05. The molecule has 23 heavy (non-hydrogen) atoms. The summed E-state index contributed by atoms with van der Waals surface area (Å²) >= 11 is 1.36. The minimum Gasteiger partial charge on any atom is -0.464 e. The van der Waals surface area contributed by atoms with Crippen molar-refractivity contribution in [3.05, 3.63) is 40.7 Å². The monoisotopic (exact) mass is 328 g/mol. The molecule has 3 rings (SSSR count). The zero-order chi connectivity index (χ0) is 16.4. The van der Waals surface area contributed by atoms with Gasteiger partial charge < -0.3 is 10.1 Å². The van der Waals surface area contributed by atoms with Gasteiger partial charge in [0.25, 0.3) is 5.91 Å². The fourth-order valence-electron chi connectivity index (χ4n) is 2.20. The molecule has 0 aliphatic carbocycles. The topological polar surface area (TPSA) is 77.0 Å². The summed E-state index contributed by atoms with van der Waals surface area (Å²) in [7, 11) is 0. The summed E-state index contributed by atoms with van der Waals surface area (Å²) in [5.41, 5.74) is 2.74. The Bertz CT molecular complexity index is 819. The fraction of sp³-hybridized carbons (Fsp3) is 0.250. The number of thiazole rings is 1. The number of para-hydroxylation sites is 1.